The number of rotatable bonds is 5. The SMILES string of the molecule is C=C(C)CCC(O)C(C)(C)N1CCOCC1. The summed E-state index contributed by atoms with van der Waals surface area (Å²) in [5.41, 5.74) is 0.969. The maximum Gasteiger partial charge on any atom is 0.0721 e. The van der Waals surface area contributed by atoms with Crippen molar-refractivity contribution >= 4 is 0 Å². The Kier molecular flexibility index (Phi) is 4.96. The molecule has 1 heterocycles. The van der Waals surface area contributed by atoms with Gasteiger partial charge in [0.15, 0.2) is 0 Å². The molecule has 0 amide bonds. The molecule has 3 heteroatoms. The molecule has 0 saturated carbocycles. The maximum atomic E-state index is 10.3. The highest BCUT2D eigenvalue weighted by atomic mass is 16.5. The number of nitrogens with zero attached hydrogens (tertiary/aromatic N) is 1. The van der Waals surface area contributed by atoms with E-state index in [0.29, 0.717) is 0 Å². The molecule has 1 atom stereocenters. The van der Waals surface area contributed by atoms with E-state index in [-0.39, 0.29) is 11.6 Å². The van der Waals surface area contributed by atoms with Crippen LogP contribution in [0.25, 0.3) is 0 Å². The highest BCUT2D eigenvalue weighted by Gasteiger charge is 2.34. The maximum absolute atomic E-state index is 10.3. The minimum absolute atomic E-state index is 0.167. The van der Waals surface area contributed by atoms with Crippen LogP contribution in [0.5, 0.6) is 0 Å². The zero-order valence-corrected chi connectivity index (χ0v) is 10.8. The zero-order valence-electron chi connectivity index (χ0n) is 10.8. The van der Waals surface area contributed by atoms with Crippen molar-refractivity contribution in [1.29, 1.82) is 0 Å². The molecule has 1 aliphatic heterocycles. The van der Waals surface area contributed by atoms with Crippen LogP contribution in [-0.2, 0) is 4.74 Å². The monoisotopic (exact) mass is 227 g/mol. The fourth-order valence-electron chi connectivity index (χ4n) is 2.09. The van der Waals surface area contributed by atoms with E-state index < -0.39 is 0 Å². The summed E-state index contributed by atoms with van der Waals surface area (Å²) in [6.45, 7) is 13.5. The van der Waals surface area contributed by atoms with E-state index >= 15 is 0 Å². The standard InChI is InChI=1S/C13H25NO2/c1-11(2)5-6-12(15)13(3,4)14-7-9-16-10-8-14/h12,15H,1,5-10H2,2-4H3. The van der Waals surface area contributed by atoms with Crippen LogP contribution in [0, 0.1) is 0 Å². The minimum atomic E-state index is -0.303. The average Bonchev–Trinajstić information content (AvgIpc) is 2.27. The van der Waals surface area contributed by atoms with Crippen LogP contribution in [0.15, 0.2) is 12.2 Å². The van der Waals surface area contributed by atoms with E-state index in [1.807, 2.05) is 6.92 Å². The summed E-state index contributed by atoms with van der Waals surface area (Å²) >= 11 is 0. The molecule has 0 aromatic carbocycles. The summed E-state index contributed by atoms with van der Waals surface area (Å²) in [4.78, 5) is 2.32. The van der Waals surface area contributed by atoms with E-state index in [1.54, 1.807) is 0 Å². The first kappa shape index (κ1) is 13.7. The number of allylic oxidation sites excluding steroid dienone is 1. The summed E-state index contributed by atoms with van der Waals surface area (Å²) in [5, 5.41) is 10.3. The lowest BCUT2D eigenvalue weighted by molar-refractivity contribution is -0.0635. The number of hydrogen-bond donors (Lipinski definition) is 1. The normalized spacial score (nSPS) is 20.8. The molecule has 1 saturated heterocycles. The van der Waals surface area contributed by atoms with E-state index in [4.69, 9.17) is 4.74 Å². The second kappa shape index (κ2) is 5.80. The van der Waals surface area contributed by atoms with Crippen LogP contribution >= 0.6 is 0 Å². The Morgan fingerprint density at radius 1 is 1.44 bits per heavy atom. The third-order valence-electron chi connectivity index (χ3n) is 3.49. The largest absolute Gasteiger partial charge is 0.391 e. The Balaban J connectivity index is 2.49. The van der Waals surface area contributed by atoms with Gasteiger partial charge in [-0.1, -0.05) is 5.57 Å². The van der Waals surface area contributed by atoms with Gasteiger partial charge in [0.05, 0.1) is 19.3 Å². The van der Waals surface area contributed by atoms with Gasteiger partial charge in [0.25, 0.3) is 0 Å². The van der Waals surface area contributed by atoms with Gasteiger partial charge in [-0.25, -0.2) is 0 Å². The van der Waals surface area contributed by atoms with Crippen LogP contribution < -0.4 is 0 Å². The first-order valence-corrected chi connectivity index (χ1v) is 6.10. The number of aliphatic hydroxyl groups is 1. The van der Waals surface area contributed by atoms with Crippen molar-refractivity contribution < 1.29 is 9.84 Å². The van der Waals surface area contributed by atoms with Gasteiger partial charge in [0, 0.05) is 18.6 Å². The van der Waals surface area contributed by atoms with Gasteiger partial charge in [-0.15, -0.1) is 6.58 Å². The second-order valence-electron chi connectivity index (χ2n) is 5.26. The van der Waals surface area contributed by atoms with Crippen LogP contribution in [-0.4, -0.2) is 48.0 Å². The summed E-state index contributed by atoms with van der Waals surface area (Å²) < 4.78 is 5.34. The number of aliphatic hydroxyl groups excluding tert-OH is 1. The number of ether oxygens (including phenoxy) is 1. The third kappa shape index (κ3) is 3.58. The Hall–Kier alpha value is -0.380. The van der Waals surface area contributed by atoms with Crippen molar-refractivity contribution in [3.8, 4) is 0 Å². The van der Waals surface area contributed by atoms with E-state index in [9.17, 15) is 5.11 Å². The minimum Gasteiger partial charge on any atom is -0.391 e. The van der Waals surface area contributed by atoms with Crippen LogP contribution in [0.3, 0.4) is 0 Å². The topological polar surface area (TPSA) is 32.7 Å². The molecule has 0 radical (unpaired) electrons. The molecule has 0 bridgehead atoms. The lowest BCUT2D eigenvalue weighted by Gasteiger charge is -2.43. The summed E-state index contributed by atoms with van der Waals surface area (Å²) in [6.07, 6.45) is 1.39. The summed E-state index contributed by atoms with van der Waals surface area (Å²) in [6, 6.07) is 0. The van der Waals surface area contributed by atoms with Gasteiger partial charge in [-0.2, -0.15) is 0 Å². The smallest absolute Gasteiger partial charge is 0.0721 e. The Morgan fingerprint density at radius 2 is 2.00 bits per heavy atom. The fourth-order valence-corrected chi connectivity index (χ4v) is 2.09. The lowest BCUT2D eigenvalue weighted by Crippen LogP contribution is -2.56. The van der Waals surface area contributed by atoms with Crippen molar-refractivity contribution in [1.82, 2.24) is 4.90 Å². The summed E-state index contributed by atoms with van der Waals surface area (Å²) in [5.74, 6) is 0. The van der Waals surface area contributed by atoms with Gasteiger partial charge in [-0.3, -0.25) is 4.90 Å². The van der Waals surface area contributed by atoms with Crippen molar-refractivity contribution in [2.45, 2.75) is 45.3 Å². The quantitative estimate of drug-likeness (QED) is 0.727. The van der Waals surface area contributed by atoms with Crippen molar-refractivity contribution in [2.75, 3.05) is 26.3 Å². The molecule has 1 fully saturated rings. The van der Waals surface area contributed by atoms with E-state index in [2.05, 4.69) is 25.3 Å². The van der Waals surface area contributed by atoms with Crippen molar-refractivity contribution in [3.63, 3.8) is 0 Å². The number of hydrogen-bond acceptors (Lipinski definition) is 3. The molecule has 1 aliphatic rings. The van der Waals surface area contributed by atoms with Gasteiger partial charge < -0.3 is 9.84 Å². The van der Waals surface area contributed by atoms with Crippen molar-refractivity contribution in [2.24, 2.45) is 0 Å². The first-order valence-electron chi connectivity index (χ1n) is 6.10. The molecule has 0 spiro atoms. The molecule has 1 rings (SSSR count). The molecule has 16 heavy (non-hydrogen) atoms. The second-order valence-corrected chi connectivity index (χ2v) is 5.26. The highest BCUT2D eigenvalue weighted by molar-refractivity contribution is 4.94. The molecule has 0 aromatic heterocycles. The van der Waals surface area contributed by atoms with E-state index in [1.165, 1.54) is 0 Å². The molecule has 94 valence electrons. The fraction of sp³-hybridized carbons (Fsp3) is 0.846. The number of morpholine rings is 1. The molecule has 0 aliphatic carbocycles. The molecule has 3 nitrogen and oxygen atoms in total. The van der Waals surface area contributed by atoms with E-state index in [0.717, 1.165) is 44.7 Å². The Labute approximate surface area is 99.1 Å². The van der Waals surface area contributed by atoms with Gasteiger partial charge in [0.2, 0.25) is 0 Å². The van der Waals surface area contributed by atoms with Crippen LogP contribution in [0.1, 0.15) is 33.6 Å². The zero-order chi connectivity index (χ0) is 12.2. The van der Waals surface area contributed by atoms with Crippen molar-refractivity contribution in [3.05, 3.63) is 12.2 Å². The molecule has 1 N–H and O–H groups in total. The van der Waals surface area contributed by atoms with Crippen LogP contribution in [0.4, 0.5) is 0 Å². The summed E-state index contributed by atoms with van der Waals surface area (Å²) in [7, 11) is 0. The first-order chi connectivity index (χ1) is 7.44. The van der Waals surface area contributed by atoms with Gasteiger partial charge in [0.1, 0.15) is 0 Å². The van der Waals surface area contributed by atoms with Gasteiger partial charge >= 0.3 is 0 Å². The third-order valence-corrected chi connectivity index (χ3v) is 3.49. The molecule has 1 unspecified atom stereocenters. The lowest BCUT2D eigenvalue weighted by atomic mass is 9.90. The predicted octanol–water partition coefficient (Wildman–Crippen LogP) is 1.81. The Morgan fingerprint density at radius 3 is 2.50 bits per heavy atom. The predicted molar refractivity (Wildman–Crippen MR) is 66.5 cm³/mol. The molecular formula is C13H25NO2. The molecular weight excluding hydrogens is 202 g/mol. The average molecular weight is 227 g/mol. The van der Waals surface area contributed by atoms with Gasteiger partial charge in [-0.05, 0) is 33.6 Å². The highest BCUT2D eigenvalue weighted by Crippen LogP contribution is 2.24. The van der Waals surface area contributed by atoms with Crippen LogP contribution in [0.2, 0.25) is 0 Å². The Bertz CT molecular complexity index is 232. The molecule has 0 aromatic rings.